The van der Waals surface area contributed by atoms with Gasteiger partial charge in [0, 0.05) is 12.7 Å². The molecule has 0 unspecified atom stereocenters. The Labute approximate surface area is 145 Å². The van der Waals surface area contributed by atoms with Gasteiger partial charge in [-0.3, -0.25) is 0 Å². The van der Waals surface area contributed by atoms with Crippen LogP contribution < -0.4 is 20.1 Å². The molecule has 0 bridgehead atoms. The van der Waals surface area contributed by atoms with Crippen molar-refractivity contribution in [1.82, 2.24) is 15.0 Å². The predicted octanol–water partition coefficient (Wildman–Crippen LogP) is 3.54. The molecule has 25 heavy (non-hydrogen) atoms. The number of nitrogens with zero attached hydrogens (tertiary/aromatic N) is 2. The molecule has 0 aliphatic carbocycles. The second kappa shape index (κ2) is 6.51. The average molecular weight is 339 g/mol. The lowest BCUT2D eigenvalue weighted by Crippen LogP contribution is -2.16. The highest BCUT2D eigenvalue weighted by Gasteiger charge is 2.17. The molecule has 3 aromatic rings. The maximum absolute atomic E-state index is 5.74. The van der Waals surface area contributed by atoms with Gasteiger partial charge in [-0.2, -0.15) is 9.97 Å². The van der Waals surface area contributed by atoms with Crippen LogP contribution in [0.25, 0.3) is 11.0 Å². The van der Waals surface area contributed by atoms with E-state index in [9.17, 15) is 0 Å². The number of hydrogen-bond acceptors (Lipinski definition) is 6. The fourth-order valence-electron chi connectivity index (χ4n) is 2.73. The number of aromatic amines is 1. The third-order valence-electron chi connectivity index (χ3n) is 3.91. The van der Waals surface area contributed by atoms with Gasteiger partial charge in [0.25, 0.3) is 0 Å². The Morgan fingerprint density at radius 1 is 1.16 bits per heavy atom. The quantitative estimate of drug-likeness (QED) is 0.659. The first-order valence-corrected chi connectivity index (χ1v) is 8.45. The first-order chi connectivity index (χ1) is 12.2. The minimum Gasteiger partial charge on any atom is -0.486 e. The zero-order chi connectivity index (χ0) is 17.2. The smallest absolute Gasteiger partial charge is 0.231 e. The van der Waals surface area contributed by atoms with Gasteiger partial charge in [-0.05, 0) is 24.1 Å². The molecule has 0 radical (unpaired) electrons. The molecule has 7 heteroatoms. The van der Waals surface area contributed by atoms with Gasteiger partial charge in [-0.15, -0.1) is 0 Å². The van der Waals surface area contributed by atoms with E-state index in [1.807, 2.05) is 30.5 Å². The van der Waals surface area contributed by atoms with Gasteiger partial charge in [0.15, 0.2) is 11.5 Å². The molecule has 0 atom stereocenters. The van der Waals surface area contributed by atoms with Gasteiger partial charge < -0.3 is 25.1 Å². The van der Waals surface area contributed by atoms with E-state index in [-0.39, 0.29) is 0 Å². The van der Waals surface area contributed by atoms with Crippen molar-refractivity contribution >= 4 is 28.5 Å². The Hall–Kier alpha value is -2.96. The lowest BCUT2D eigenvalue weighted by Gasteiger charge is -2.21. The van der Waals surface area contributed by atoms with Crippen molar-refractivity contribution in [3.8, 4) is 11.5 Å². The Morgan fingerprint density at radius 3 is 2.92 bits per heavy atom. The molecule has 0 saturated carbocycles. The summed E-state index contributed by atoms with van der Waals surface area (Å²) in [6.45, 7) is 6.26. The van der Waals surface area contributed by atoms with Crippen LogP contribution in [0.1, 0.15) is 13.8 Å². The Bertz CT molecular complexity index is 890. The number of anilines is 3. The molecule has 7 nitrogen and oxygen atoms in total. The third kappa shape index (κ3) is 3.17. The molecule has 4 rings (SSSR count). The van der Waals surface area contributed by atoms with E-state index in [4.69, 9.17) is 9.47 Å². The lowest BCUT2D eigenvalue weighted by molar-refractivity contribution is 0.172. The molecule has 1 aliphatic heterocycles. The first kappa shape index (κ1) is 15.6. The van der Waals surface area contributed by atoms with Crippen LogP contribution in [-0.2, 0) is 0 Å². The van der Waals surface area contributed by atoms with Gasteiger partial charge in [-0.25, -0.2) is 0 Å². The predicted molar refractivity (Wildman–Crippen MR) is 97.9 cm³/mol. The number of ether oxygens (including phenoxy) is 2. The zero-order valence-electron chi connectivity index (χ0n) is 14.3. The summed E-state index contributed by atoms with van der Waals surface area (Å²) in [5.74, 6) is 3.26. The summed E-state index contributed by atoms with van der Waals surface area (Å²) < 4.78 is 11.4. The largest absolute Gasteiger partial charge is 0.486 e. The fraction of sp³-hybridized carbons (Fsp3) is 0.333. The van der Waals surface area contributed by atoms with Crippen LogP contribution in [0.2, 0.25) is 0 Å². The number of rotatable bonds is 5. The van der Waals surface area contributed by atoms with Crippen molar-refractivity contribution in [1.29, 1.82) is 0 Å². The van der Waals surface area contributed by atoms with Crippen LogP contribution >= 0.6 is 0 Å². The molecule has 3 heterocycles. The molecule has 0 spiro atoms. The van der Waals surface area contributed by atoms with E-state index in [0.717, 1.165) is 34.8 Å². The van der Waals surface area contributed by atoms with Crippen LogP contribution in [0, 0.1) is 5.92 Å². The maximum Gasteiger partial charge on any atom is 0.231 e. The number of hydrogen-bond donors (Lipinski definition) is 3. The molecule has 3 N–H and O–H groups in total. The second-order valence-corrected chi connectivity index (χ2v) is 6.37. The van der Waals surface area contributed by atoms with Crippen LogP contribution in [0.15, 0.2) is 30.5 Å². The maximum atomic E-state index is 5.74. The van der Waals surface area contributed by atoms with Crippen molar-refractivity contribution in [2.24, 2.45) is 5.92 Å². The highest BCUT2D eigenvalue weighted by Crippen LogP contribution is 2.38. The molecule has 0 amide bonds. The van der Waals surface area contributed by atoms with Gasteiger partial charge in [-0.1, -0.05) is 19.9 Å². The van der Waals surface area contributed by atoms with Crippen LogP contribution in [-0.4, -0.2) is 34.7 Å². The second-order valence-electron chi connectivity index (χ2n) is 6.37. The summed E-state index contributed by atoms with van der Waals surface area (Å²) in [4.78, 5) is 12.3. The number of benzene rings is 1. The molecular weight excluding hydrogens is 318 g/mol. The summed E-state index contributed by atoms with van der Waals surface area (Å²) in [7, 11) is 0. The summed E-state index contributed by atoms with van der Waals surface area (Å²) in [5.41, 5.74) is 1.57. The Kier molecular flexibility index (Phi) is 4.05. The van der Waals surface area contributed by atoms with Crippen molar-refractivity contribution < 1.29 is 9.47 Å². The van der Waals surface area contributed by atoms with E-state index < -0.39 is 0 Å². The topological polar surface area (TPSA) is 84.1 Å². The fourth-order valence-corrected chi connectivity index (χ4v) is 2.73. The van der Waals surface area contributed by atoms with E-state index in [0.29, 0.717) is 30.8 Å². The average Bonchev–Trinajstić information content (AvgIpc) is 3.08. The van der Waals surface area contributed by atoms with Crippen LogP contribution in [0.4, 0.5) is 17.5 Å². The third-order valence-corrected chi connectivity index (χ3v) is 3.91. The first-order valence-electron chi connectivity index (χ1n) is 8.45. The molecule has 1 aliphatic rings. The summed E-state index contributed by atoms with van der Waals surface area (Å²) in [6, 6.07) is 7.71. The Balaban J connectivity index is 1.68. The minimum atomic E-state index is 0.503. The van der Waals surface area contributed by atoms with Crippen molar-refractivity contribution in [2.45, 2.75) is 13.8 Å². The van der Waals surface area contributed by atoms with E-state index in [1.165, 1.54) is 0 Å². The SMILES string of the molecule is CC(C)CNc1nc(Nc2cccc3c2OCCO3)nc2[nH]ccc12. The van der Waals surface area contributed by atoms with Crippen molar-refractivity contribution in [2.75, 3.05) is 30.4 Å². The van der Waals surface area contributed by atoms with Crippen molar-refractivity contribution in [3.63, 3.8) is 0 Å². The van der Waals surface area contributed by atoms with Gasteiger partial charge in [0.2, 0.25) is 5.95 Å². The molecule has 130 valence electrons. The molecule has 0 fully saturated rings. The van der Waals surface area contributed by atoms with Gasteiger partial charge in [0.1, 0.15) is 24.7 Å². The number of nitrogens with one attached hydrogen (secondary N) is 3. The normalized spacial score (nSPS) is 13.2. The van der Waals surface area contributed by atoms with E-state index >= 15 is 0 Å². The molecular formula is C18H21N5O2. The molecule has 1 aromatic carbocycles. The number of H-pyrrole nitrogens is 1. The van der Waals surface area contributed by atoms with Crippen molar-refractivity contribution in [3.05, 3.63) is 30.5 Å². The highest BCUT2D eigenvalue weighted by molar-refractivity contribution is 5.88. The van der Waals surface area contributed by atoms with Gasteiger partial charge in [0.05, 0.1) is 11.1 Å². The van der Waals surface area contributed by atoms with Crippen LogP contribution in [0.3, 0.4) is 0 Å². The van der Waals surface area contributed by atoms with Crippen LogP contribution in [0.5, 0.6) is 11.5 Å². The molecule has 2 aromatic heterocycles. The minimum absolute atomic E-state index is 0.503. The summed E-state index contributed by atoms with van der Waals surface area (Å²) in [6.07, 6.45) is 1.87. The monoisotopic (exact) mass is 339 g/mol. The summed E-state index contributed by atoms with van der Waals surface area (Å²) >= 11 is 0. The standard InChI is InChI=1S/C18H21N5O2/c1-11(2)10-20-17-12-6-7-19-16(12)22-18(23-17)21-13-4-3-5-14-15(13)25-9-8-24-14/h3-7,11H,8-10H2,1-2H3,(H3,19,20,21,22,23). The molecule has 0 saturated heterocycles. The van der Waals surface area contributed by atoms with E-state index in [1.54, 1.807) is 0 Å². The zero-order valence-corrected chi connectivity index (χ0v) is 14.3. The number of para-hydroxylation sites is 1. The number of fused-ring (bicyclic) bond motifs is 2. The Morgan fingerprint density at radius 2 is 2.04 bits per heavy atom. The highest BCUT2D eigenvalue weighted by atomic mass is 16.6. The van der Waals surface area contributed by atoms with Gasteiger partial charge >= 0.3 is 0 Å². The summed E-state index contributed by atoms with van der Waals surface area (Å²) in [5, 5.41) is 7.62. The lowest BCUT2D eigenvalue weighted by atomic mass is 10.2. The van der Waals surface area contributed by atoms with E-state index in [2.05, 4.69) is 39.4 Å². The number of aromatic nitrogens is 3.